The van der Waals surface area contributed by atoms with E-state index in [0.717, 1.165) is 18.9 Å². The Morgan fingerprint density at radius 3 is 2.79 bits per heavy atom. The Kier molecular flexibility index (Phi) is 6.35. The second kappa shape index (κ2) is 7.78. The molecular weight excluding hydrogens is 269 g/mol. The van der Waals surface area contributed by atoms with E-state index in [2.05, 4.69) is 5.32 Å². The van der Waals surface area contributed by atoms with E-state index < -0.39 is 11.8 Å². The summed E-state index contributed by atoms with van der Waals surface area (Å²) in [5.41, 5.74) is -0.378. The molecule has 0 bridgehead atoms. The van der Waals surface area contributed by atoms with Crippen LogP contribution in [0.15, 0.2) is 23.1 Å². The number of thioether (sulfide) groups is 1. The summed E-state index contributed by atoms with van der Waals surface area (Å²) >= 11 is 1.18. The Morgan fingerprint density at radius 1 is 1.42 bits per heavy atom. The van der Waals surface area contributed by atoms with E-state index in [-0.39, 0.29) is 17.2 Å². The quantitative estimate of drug-likeness (QED) is 0.597. The second-order valence-electron chi connectivity index (χ2n) is 3.94. The lowest BCUT2D eigenvalue weighted by atomic mass is 10.2. The van der Waals surface area contributed by atoms with Crippen molar-refractivity contribution in [3.8, 4) is 0 Å². The summed E-state index contributed by atoms with van der Waals surface area (Å²) in [6, 6.07) is 3.80. The standard InChI is InChI=1S/C13H16FNO3S/c1-2-3-6-15-12(16)8-19-9-4-5-11(14)10(7-9)13(17)18/h4-5,7H,2-3,6,8H2,1H3,(H,15,16)(H,17,18). The second-order valence-corrected chi connectivity index (χ2v) is 4.99. The zero-order valence-electron chi connectivity index (χ0n) is 10.6. The van der Waals surface area contributed by atoms with Gasteiger partial charge in [-0.25, -0.2) is 9.18 Å². The lowest BCUT2D eigenvalue weighted by Crippen LogP contribution is -2.25. The molecule has 0 unspecified atom stereocenters. The van der Waals surface area contributed by atoms with Gasteiger partial charge in [-0.1, -0.05) is 13.3 Å². The van der Waals surface area contributed by atoms with E-state index >= 15 is 0 Å². The van der Waals surface area contributed by atoms with Crippen molar-refractivity contribution in [3.63, 3.8) is 0 Å². The molecule has 0 aliphatic rings. The molecule has 6 heteroatoms. The molecule has 4 nitrogen and oxygen atoms in total. The maximum Gasteiger partial charge on any atom is 0.338 e. The van der Waals surface area contributed by atoms with Gasteiger partial charge in [0.1, 0.15) is 5.82 Å². The van der Waals surface area contributed by atoms with Crippen LogP contribution in [0.25, 0.3) is 0 Å². The lowest BCUT2D eigenvalue weighted by molar-refractivity contribution is -0.118. The van der Waals surface area contributed by atoms with Crippen molar-refractivity contribution in [2.75, 3.05) is 12.3 Å². The summed E-state index contributed by atoms with van der Waals surface area (Å²) in [7, 11) is 0. The van der Waals surface area contributed by atoms with Gasteiger partial charge in [0.05, 0.1) is 11.3 Å². The van der Waals surface area contributed by atoms with Crippen LogP contribution in [0.3, 0.4) is 0 Å². The van der Waals surface area contributed by atoms with Crippen LogP contribution in [0.5, 0.6) is 0 Å². The highest BCUT2D eigenvalue weighted by molar-refractivity contribution is 8.00. The van der Waals surface area contributed by atoms with Crippen LogP contribution in [0.4, 0.5) is 4.39 Å². The number of benzene rings is 1. The molecule has 0 fully saturated rings. The molecule has 2 N–H and O–H groups in total. The number of carbonyl (C=O) groups is 2. The highest BCUT2D eigenvalue weighted by Crippen LogP contribution is 2.21. The zero-order chi connectivity index (χ0) is 14.3. The Bertz CT molecular complexity index is 465. The molecule has 1 amide bonds. The van der Waals surface area contributed by atoms with E-state index in [0.29, 0.717) is 11.4 Å². The van der Waals surface area contributed by atoms with Gasteiger partial charge in [-0.05, 0) is 24.6 Å². The number of carbonyl (C=O) groups excluding carboxylic acids is 1. The van der Waals surface area contributed by atoms with Crippen LogP contribution in [-0.4, -0.2) is 29.3 Å². The molecule has 0 atom stereocenters. The monoisotopic (exact) mass is 285 g/mol. The fraction of sp³-hybridized carbons (Fsp3) is 0.385. The van der Waals surface area contributed by atoms with Gasteiger partial charge in [-0.3, -0.25) is 4.79 Å². The average Bonchev–Trinajstić information content (AvgIpc) is 2.37. The predicted molar refractivity (Wildman–Crippen MR) is 72.0 cm³/mol. The Hall–Kier alpha value is -1.56. The van der Waals surface area contributed by atoms with Gasteiger partial charge in [-0.15, -0.1) is 11.8 Å². The largest absolute Gasteiger partial charge is 0.478 e. The molecule has 1 aromatic carbocycles. The third-order valence-corrected chi connectivity index (χ3v) is 3.38. The van der Waals surface area contributed by atoms with Crippen LogP contribution in [0, 0.1) is 5.82 Å². The Morgan fingerprint density at radius 2 is 2.16 bits per heavy atom. The number of rotatable bonds is 7. The number of carboxylic acid groups (broad SMARTS) is 1. The van der Waals surface area contributed by atoms with Crippen molar-refractivity contribution in [2.45, 2.75) is 24.7 Å². The SMILES string of the molecule is CCCCNC(=O)CSc1ccc(F)c(C(=O)O)c1. The first-order chi connectivity index (χ1) is 9.04. The maximum atomic E-state index is 13.2. The molecule has 0 saturated carbocycles. The fourth-order valence-electron chi connectivity index (χ4n) is 1.36. The lowest BCUT2D eigenvalue weighted by Gasteiger charge is -2.05. The molecule has 0 aromatic heterocycles. The third kappa shape index (κ3) is 5.30. The summed E-state index contributed by atoms with van der Waals surface area (Å²) in [4.78, 5) is 22.8. The van der Waals surface area contributed by atoms with E-state index in [4.69, 9.17) is 5.11 Å². The minimum absolute atomic E-state index is 0.111. The normalized spacial score (nSPS) is 10.2. The molecule has 0 heterocycles. The number of halogens is 1. The number of nitrogens with one attached hydrogen (secondary N) is 1. The van der Waals surface area contributed by atoms with E-state index in [1.165, 1.54) is 23.9 Å². The van der Waals surface area contributed by atoms with Crippen molar-refractivity contribution >= 4 is 23.6 Å². The highest BCUT2D eigenvalue weighted by atomic mass is 32.2. The molecule has 19 heavy (non-hydrogen) atoms. The van der Waals surface area contributed by atoms with Crippen LogP contribution in [0.2, 0.25) is 0 Å². The van der Waals surface area contributed by atoms with Crippen molar-refractivity contribution in [2.24, 2.45) is 0 Å². The summed E-state index contributed by atoms with van der Waals surface area (Å²) in [5, 5.41) is 11.5. The molecule has 0 aliphatic carbocycles. The predicted octanol–water partition coefficient (Wildman–Crippen LogP) is 2.53. The average molecular weight is 285 g/mol. The molecule has 0 radical (unpaired) electrons. The number of hydrogen-bond acceptors (Lipinski definition) is 3. The molecule has 1 rings (SSSR count). The first kappa shape index (κ1) is 15.5. The van der Waals surface area contributed by atoms with Crippen LogP contribution in [0.1, 0.15) is 30.1 Å². The third-order valence-electron chi connectivity index (χ3n) is 2.39. The van der Waals surface area contributed by atoms with Gasteiger partial charge in [0, 0.05) is 11.4 Å². The van der Waals surface area contributed by atoms with Gasteiger partial charge in [0.2, 0.25) is 5.91 Å². The molecule has 104 valence electrons. The summed E-state index contributed by atoms with van der Waals surface area (Å²) in [6.07, 6.45) is 1.93. The van der Waals surface area contributed by atoms with Crippen LogP contribution in [-0.2, 0) is 4.79 Å². The smallest absolute Gasteiger partial charge is 0.338 e. The topological polar surface area (TPSA) is 66.4 Å². The van der Waals surface area contributed by atoms with Crippen molar-refractivity contribution in [3.05, 3.63) is 29.6 Å². The summed E-state index contributed by atoms with van der Waals surface area (Å²) in [5.74, 6) is -2.01. The summed E-state index contributed by atoms with van der Waals surface area (Å²) < 4.78 is 13.2. The van der Waals surface area contributed by atoms with Gasteiger partial charge < -0.3 is 10.4 Å². The first-order valence-electron chi connectivity index (χ1n) is 5.97. The number of amides is 1. The van der Waals surface area contributed by atoms with E-state index in [1.54, 1.807) is 0 Å². The van der Waals surface area contributed by atoms with Crippen molar-refractivity contribution < 1.29 is 19.1 Å². The number of aromatic carboxylic acids is 1. The molecule has 0 saturated heterocycles. The molecule has 0 spiro atoms. The van der Waals surface area contributed by atoms with Gasteiger partial charge in [0.25, 0.3) is 0 Å². The minimum atomic E-state index is -1.31. The Balaban J connectivity index is 2.51. The molecular formula is C13H16FNO3S. The van der Waals surface area contributed by atoms with Gasteiger partial charge in [-0.2, -0.15) is 0 Å². The number of hydrogen-bond donors (Lipinski definition) is 2. The number of unbranched alkanes of at least 4 members (excludes halogenated alkanes) is 1. The molecule has 1 aromatic rings. The van der Waals surface area contributed by atoms with E-state index in [9.17, 15) is 14.0 Å². The number of carboxylic acids is 1. The highest BCUT2D eigenvalue weighted by Gasteiger charge is 2.11. The van der Waals surface area contributed by atoms with Crippen LogP contribution >= 0.6 is 11.8 Å². The maximum absolute atomic E-state index is 13.2. The first-order valence-corrected chi connectivity index (χ1v) is 6.95. The fourth-order valence-corrected chi connectivity index (χ4v) is 2.13. The van der Waals surface area contributed by atoms with Crippen molar-refractivity contribution in [1.29, 1.82) is 0 Å². The van der Waals surface area contributed by atoms with Gasteiger partial charge in [0.15, 0.2) is 0 Å². The Labute approximate surface area is 115 Å². The van der Waals surface area contributed by atoms with E-state index in [1.807, 2.05) is 6.92 Å². The van der Waals surface area contributed by atoms with Crippen molar-refractivity contribution in [1.82, 2.24) is 5.32 Å². The zero-order valence-corrected chi connectivity index (χ0v) is 11.4. The van der Waals surface area contributed by atoms with Gasteiger partial charge >= 0.3 is 5.97 Å². The summed E-state index contributed by atoms with van der Waals surface area (Å²) in [6.45, 7) is 2.67. The van der Waals surface area contributed by atoms with Crippen LogP contribution < -0.4 is 5.32 Å². The molecule has 0 aliphatic heterocycles. The minimum Gasteiger partial charge on any atom is -0.478 e.